The van der Waals surface area contributed by atoms with Crippen LogP contribution in [-0.4, -0.2) is 35.6 Å². The molecule has 0 aliphatic carbocycles. The Morgan fingerprint density at radius 1 is 1.40 bits per heavy atom. The van der Waals surface area contributed by atoms with Crippen molar-refractivity contribution >= 4 is 11.7 Å². The fourth-order valence-corrected chi connectivity index (χ4v) is 1.13. The summed E-state index contributed by atoms with van der Waals surface area (Å²) >= 11 is 0. The fraction of sp³-hybridized carbons (Fsp3) is 0.800. The number of rotatable bonds is 7. The zero-order valence-corrected chi connectivity index (χ0v) is 9.40. The van der Waals surface area contributed by atoms with E-state index in [4.69, 9.17) is 10.5 Å². The first-order valence-electron chi connectivity index (χ1n) is 4.94. The van der Waals surface area contributed by atoms with E-state index in [-0.39, 0.29) is 24.9 Å². The predicted molar refractivity (Wildman–Crippen MR) is 55.1 cm³/mol. The van der Waals surface area contributed by atoms with Gasteiger partial charge in [-0.3, -0.25) is 9.59 Å². The third-order valence-electron chi connectivity index (χ3n) is 1.96. The molecule has 0 aromatic carbocycles. The molecule has 15 heavy (non-hydrogen) atoms. The van der Waals surface area contributed by atoms with Crippen molar-refractivity contribution in [3.63, 3.8) is 0 Å². The first-order chi connectivity index (χ1) is 6.84. The smallest absolute Gasteiger partial charge is 0.228 e. The Labute approximate surface area is 89.6 Å². The lowest BCUT2D eigenvalue weighted by atomic mass is 9.97. The monoisotopic (exact) mass is 217 g/mol. The number of amides is 1. The highest BCUT2D eigenvalue weighted by Crippen LogP contribution is 2.08. The van der Waals surface area contributed by atoms with Crippen molar-refractivity contribution < 1.29 is 19.4 Å². The third-order valence-corrected chi connectivity index (χ3v) is 1.96. The minimum atomic E-state index is -0.921. The molecule has 0 rings (SSSR count). The second-order valence-corrected chi connectivity index (χ2v) is 3.84. The molecule has 0 aromatic rings. The summed E-state index contributed by atoms with van der Waals surface area (Å²) in [6.45, 7) is 5.06. The molecular formula is C10H19NO4. The van der Waals surface area contributed by atoms with Crippen LogP contribution < -0.4 is 5.73 Å². The lowest BCUT2D eigenvalue weighted by Gasteiger charge is -2.16. The summed E-state index contributed by atoms with van der Waals surface area (Å²) in [6.07, 6.45) is -0.810. The molecule has 1 amide bonds. The highest BCUT2D eigenvalue weighted by Gasteiger charge is 2.24. The SMILES string of the molecule is CC(=O)C(CC(O)COC(C)C)C(N)=O. The molecule has 0 spiro atoms. The Morgan fingerprint density at radius 2 is 1.93 bits per heavy atom. The van der Waals surface area contributed by atoms with Crippen LogP contribution >= 0.6 is 0 Å². The molecule has 0 saturated heterocycles. The van der Waals surface area contributed by atoms with Crippen LogP contribution in [0.1, 0.15) is 27.2 Å². The van der Waals surface area contributed by atoms with E-state index in [1.54, 1.807) is 0 Å². The maximum Gasteiger partial charge on any atom is 0.228 e. The van der Waals surface area contributed by atoms with Crippen molar-refractivity contribution in [3.8, 4) is 0 Å². The number of hydrogen-bond donors (Lipinski definition) is 2. The normalized spacial score (nSPS) is 15.0. The summed E-state index contributed by atoms with van der Waals surface area (Å²) in [6, 6.07) is 0. The highest BCUT2D eigenvalue weighted by molar-refractivity contribution is 5.99. The number of carbonyl (C=O) groups excluding carboxylic acids is 2. The van der Waals surface area contributed by atoms with E-state index < -0.39 is 17.9 Å². The minimum Gasteiger partial charge on any atom is -0.391 e. The van der Waals surface area contributed by atoms with Crippen LogP contribution in [0.25, 0.3) is 0 Å². The van der Waals surface area contributed by atoms with E-state index in [0.29, 0.717) is 0 Å². The van der Waals surface area contributed by atoms with Crippen LogP contribution in [0, 0.1) is 5.92 Å². The van der Waals surface area contributed by atoms with E-state index in [2.05, 4.69) is 0 Å². The van der Waals surface area contributed by atoms with Gasteiger partial charge in [-0.2, -0.15) is 0 Å². The minimum absolute atomic E-state index is 0.00371. The van der Waals surface area contributed by atoms with Gasteiger partial charge in [0.25, 0.3) is 0 Å². The Balaban J connectivity index is 4.06. The summed E-state index contributed by atoms with van der Waals surface area (Å²) in [5.41, 5.74) is 5.03. The molecule has 3 N–H and O–H groups in total. The van der Waals surface area contributed by atoms with Gasteiger partial charge in [0.2, 0.25) is 5.91 Å². The van der Waals surface area contributed by atoms with Gasteiger partial charge >= 0.3 is 0 Å². The van der Waals surface area contributed by atoms with E-state index in [0.717, 1.165) is 0 Å². The summed E-state index contributed by atoms with van der Waals surface area (Å²) in [5, 5.41) is 9.48. The average molecular weight is 217 g/mol. The van der Waals surface area contributed by atoms with Gasteiger partial charge in [-0.05, 0) is 27.2 Å². The van der Waals surface area contributed by atoms with Gasteiger partial charge in [-0.1, -0.05) is 0 Å². The summed E-state index contributed by atoms with van der Waals surface area (Å²) in [4.78, 5) is 21.9. The van der Waals surface area contributed by atoms with Crippen molar-refractivity contribution in [2.75, 3.05) is 6.61 Å². The Morgan fingerprint density at radius 3 is 2.27 bits per heavy atom. The van der Waals surface area contributed by atoms with E-state index in [1.165, 1.54) is 6.92 Å². The Hall–Kier alpha value is -0.940. The molecule has 2 unspecified atom stereocenters. The number of carbonyl (C=O) groups is 2. The standard InChI is InChI=1S/C10H19NO4/c1-6(2)15-5-8(13)4-9(7(3)12)10(11)14/h6,8-9,13H,4-5H2,1-3H3,(H2,11,14). The number of nitrogens with two attached hydrogens (primary N) is 1. The van der Waals surface area contributed by atoms with E-state index in [1.807, 2.05) is 13.8 Å². The second-order valence-electron chi connectivity index (χ2n) is 3.84. The van der Waals surface area contributed by atoms with Gasteiger partial charge in [0.15, 0.2) is 0 Å². The molecule has 0 fully saturated rings. The molecule has 5 heteroatoms. The van der Waals surface area contributed by atoms with E-state index >= 15 is 0 Å². The summed E-state index contributed by atoms with van der Waals surface area (Å²) < 4.78 is 5.15. The van der Waals surface area contributed by atoms with Crippen molar-refractivity contribution in [2.24, 2.45) is 11.7 Å². The van der Waals surface area contributed by atoms with Gasteiger partial charge in [0, 0.05) is 0 Å². The number of Topliss-reactive ketones (excluding diaryl/α,β-unsaturated/α-hetero) is 1. The maximum atomic E-state index is 11.0. The van der Waals surface area contributed by atoms with Crippen LogP contribution in [0.15, 0.2) is 0 Å². The molecule has 0 aromatic heterocycles. The molecule has 0 aliphatic rings. The summed E-state index contributed by atoms with van der Waals surface area (Å²) in [7, 11) is 0. The molecule has 0 aliphatic heterocycles. The van der Waals surface area contributed by atoms with Crippen molar-refractivity contribution in [1.82, 2.24) is 0 Å². The zero-order valence-electron chi connectivity index (χ0n) is 9.40. The third kappa shape index (κ3) is 6.19. The maximum absolute atomic E-state index is 11.0. The van der Waals surface area contributed by atoms with Gasteiger partial charge < -0.3 is 15.6 Å². The molecule has 88 valence electrons. The van der Waals surface area contributed by atoms with Crippen LogP contribution in [0.4, 0.5) is 0 Å². The van der Waals surface area contributed by atoms with Gasteiger partial charge in [0.05, 0.1) is 24.7 Å². The van der Waals surface area contributed by atoms with Crippen LogP contribution in [0.5, 0.6) is 0 Å². The molecule has 0 radical (unpaired) electrons. The molecule has 0 heterocycles. The fourth-order valence-electron chi connectivity index (χ4n) is 1.13. The molecular weight excluding hydrogens is 198 g/mol. The lowest BCUT2D eigenvalue weighted by molar-refractivity contribution is -0.132. The second kappa shape index (κ2) is 6.53. The van der Waals surface area contributed by atoms with Gasteiger partial charge in [-0.15, -0.1) is 0 Å². The van der Waals surface area contributed by atoms with Gasteiger partial charge in [0.1, 0.15) is 5.78 Å². The Bertz CT molecular complexity index is 213. The lowest BCUT2D eigenvalue weighted by Crippen LogP contribution is -2.33. The Kier molecular flexibility index (Phi) is 6.12. The molecule has 2 atom stereocenters. The van der Waals surface area contributed by atoms with Gasteiger partial charge in [-0.25, -0.2) is 0 Å². The van der Waals surface area contributed by atoms with E-state index in [9.17, 15) is 14.7 Å². The quantitative estimate of drug-likeness (QED) is 0.580. The molecule has 0 bridgehead atoms. The molecule has 0 saturated carbocycles. The van der Waals surface area contributed by atoms with Crippen molar-refractivity contribution in [2.45, 2.75) is 39.4 Å². The number of primary amides is 1. The first kappa shape index (κ1) is 14.1. The van der Waals surface area contributed by atoms with Crippen molar-refractivity contribution in [1.29, 1.82) is 0 Å². The highest BCUT2D eigenvalue weighted by atomic mass is 16.5. The predicted octanol–water partition coefficient (Wildman–Crippen LogP) is -0.147. The number of ether oxygens (including phenoxy) is 1. The van der Waals surface area contributed by atoms with Crippen LogP contribution in [0.2, 0.25) is 0 Å². The van der Waals surface area contributed by atoms with Crippen LogP contribution in [0.3, 0.4) is 0 Å². The number of aliphatic hydroxyl groups is 1. The number of hydrogen-bond acceptors (Lipinski definition) is 4. The average Bonchev–Trinajstić information content (AvgIpc) is 2.09. The largest absolute Gasteiger partial charge is 0.391 e. The van der Waals surface area contributed by atoms with Crippen LogP contribution in [-0.2, 0) is 14.3 Å². The molecule has 5 nitrogen and oxygen atoms in total. The first-order valence-corrected chi connectivity index (χ1v) is 4.94. The zero-order chi connectivity index (χ0) is 12.0. The number of ketones is 1. The summed E-state index contributed by atoms with van der Waals surface area (Å²) in [5.74, 6) is -1.95. The number of aliphatic hydroxyl groups excluding tert-OH is 1. The topological polar surface area (TPSA) is 89.6 Å². The van der Waals surface area contributed by atoms with Crippen molar-refractivity contribution in [3.05, 3.63) is 0 Å².